The summed E-state index contributed by atoms with van der Waals surface area (Å²) < 4.78 is 10.7. The van der Waals surface area contributed by atoms with Gasteiger partial charge in [-0.1, -0.05) is 6.07 Å². The minimum absolute atomic E-state index is 0.171. The van der Waals surface area contributed by atoms with Crippen molar-refractivity contribution in [3.05, 3.63) is 46.7 Å². The maximum atomic E-state index is 12.0. The normalized spacial score (nSPS) is 11.5. The topological polar surface area (TPSA) is 84.9 Å². The van der Waals surface area contributed by atoms with Gasteiger partial charge in [0.05, 0.1) is 19.1 Å². The van der Waals surface area contributed by atoms with Crippen LogP contribution in [0, 0.1) is 0 Å². The van der Waals surface area contributed by atoms with Crippen molar-refractivity contribution in [2.75, 3.05) is 13.2 Å². The van der Waals surface area contributed by atoms with E-state index in [2.05, 4.69) is 5.32 Å². The minimum Gasteiger partial charge on any atom is -0.494 e. The van der Waals surface area contributed by atoms with Crippen LogP contribution in [0.5, 0.6) is 11.5 Å². The molecule has 128 valence electrons. The monoisotopic (exact) mass is 349 g/mol. The van der Waals surface area contributed by atoms with Gasteiger partial charge in [-0.2, -0.15) is 0 Å². The highest BCUT2D eigenvalue weighted by Crippen LogP contribution is 2.22. The van der Waals surface area contributed by atoms with Crippen LogP contribution in [0.4, 0.5) is 0 Å². The van der Waals surface area contributed by atoms with Crippen molar-refractivity contribution in [1.82, 2.24) is 5.32 Å². The largest absolute Gasteiger partial charge is 0.494 e. The minimum atomic E-state index is -0.971. The van der Waals surface area contributed by atoms with Gasteiger partial charge < -0.3 is 19.9 Å². The molecule has 0 aliphatic heterocycles. The molecule has 2 rings (SSSR count). The molecule has 2 N–H and O–H groups in total. The highest BCUT2D eigenvalue weighted by molar-refractivity contribution is 7.10. The Morgan fingerprint density at radius 3 is 2.38 bits per heavy atom. The molecule has 0 aliphatic carbocycles. The summed E-state index contributed by atoms with van der Waals surface area (Å²) in [6, 6.07) is 10.0. The average Bonchev–Trinajstić information content (AvgIpc) is 3.08. The van der Waals surface area contributed by atoms with Gasteiger partial charge in [0.15, 0.2) is 6.61 Å². The predicted octanol–water partition coefficient (Wildman–Crippen LogP) is 2.86. The van der Waals surface area contributed by atoms with Gasteiger partial charge in [-0.05, 0) is 42.6 Å². The van der Waals surface area contributed by atoms with Crippen molar-refractivity contribution in [2.45, 2.75) is 19.4 Å². The lowest BCUT2D eigenvalue weighted by atomic mass is 10.1. The number of carboxylic acids is 1. The molecule has 1 aromatic heterocycles. The van der Waals surface area contributed by atoms with Crippen molar-refractivity contribution in [2.24, 2.45) is 0 Å². The first-order valence-electron chi connectivity index (χ1n) is 7.48. The van der Waals surface area contributed by atoms with Crippen LogP contribution < -0.4 is 14.8 Å². The van der Waals surface area contributed by atoms with Crippen LogP contribution in [0.25, 0.3) is 0 Å². The second-order valence-electron chi connectivity index (χ2n) is 4.93. The van der Waals surface area contributed by atoms with Gasteiger partial charge in [-0.25, -0.2) is 0 Å². The smallest absolute Gasteiger partial charge is 0.305 e. The number of aliphatic carboxylic acids is 1. The van der Waals surface area contributed by atoms with E-state index in [9.17, 15) is 9.59 Å². The third kappa shape index (κ3) is 5.58. The molecule has 1 heterocycles. The SMILES string of the molecule is CCOc1ccc(OCC(=O)N[C@@H](CC(=O)O)c2cccs2)cc1. The molecule has 1 amide bonds. The summed E-state index contributed by atoms with van der Waals surface area (Å²) in [5.41, 5.74) is 0. The molecule has 0 radical (unpaired) electrons. The maximum absolute atomic E-state index is 12.0. The number of amides is 1. The van der Waals surface area contributed by atoms with E-state index in [1.165, 1.54) is 11.3 Å². The third-order valence-corrected chi connectivity index (χ3v) is 4.09. The van der Waals surface area contributed by atoms with Crippen LogP contribution in [-0.4, -0.2) is 30.2 Å². The number of ether oxygens (including phenoxy) is 2. The van der Waals surface area contributed by atoms with E-state index in [-0.39, 0.29) is 18.9 Å². The Kier molecular flexibility index (Phi) is 6.62. The molecule has 0 saturated carbocycles. The number of benzene rings is 1. The fourth-order valence-electron chi connectivity index (χ4n) is 2.07. The Bertz CT molecular complexity index is 654. The molecule has 6 nitrogen and oxygen atoms in total. The highest BCUT2D eigenvalue weighted by atomic mass is 32.1. The lowest BCUT2D eigenvalue weighted by Crippen LogP contribution is -2.33. The van der Waals surface area contributed by atoms with Crippen molar-refractivity contribution in [3.63, 3.8) is 0 Å². The number of thiophene rings is 1. The first kappa shape index (κ1) is 17.8. The summed E-state index contributed by atoms with van der Waals surface area (Å²) in [6.45, 7) is 2.29. The Balaban J connectivity index is 1.87. The number of hydrogen-bond acceptors (Lipinski definition) is 5. The second-order valence-corrected chi connectivity index (χ2v) is 5.91. The molecule has 0 aliphatic rings. The van der Waals surface area contributed by atoms with E-state index >= 15 is 0 Å². The summed E-state index contributed by atoms with van der Waals surface area (Å²) in [5.74, 6) is -0.0716. The number of carbonyl (C=O) groups excluding carboxylic acids is 1. The molecule has 24 heavy (non-hydrogen) atoms. The molecule has 2 aromatic rings. The molecule has 7 heteroatoms. The predicted molar refractivity (Wildman–Crippen MR) is 90.6 cm³/mol. The lowest BCUT2D eigenvalue weighted by molar-refractivity contribution is -0.137. The van der Waals surface area contributed by atoms with Crippen LogP contribution in [-0.2, 0) is 9.59 Å². The van der Waals surface area contributed by atoms with Crippen LogP contribution >= 0.6 is 11.3 Å². The van der Waals surface area contributed by atoms with Crippen LogP contribution in [0.1, 0.15) is 24.3 Å². The molecule has 0 saturated heterocycles. The van der Waals surface area contributed by atoms with Gasteiger partial charge in [0.2, 0.25) is 0 Å². The van der Waals surface area contributed by atoms with Crippen molar-refractivity contribution < 1.29 is 24.2 Å². The maximum Gasteiger partial charge on any atom is 0.305 e. The third-order valence-electron chi connectivity index (χ3n) is 3.11. The molecular formula is C17H19NO5S. The summed E-state index contributed by atoms with van der Waals surface area (Å²) in [4.78, 5) is 23.8. The van der Waals surface area contributed by atoms with E-state index in [1.807, 2.05) is 18.4 Å². The summed E-state index contributed by atoms with van der Waals surface area (Å²) in [7, 11) is 0. The van der Waals surface area contributed by atoms with E-state index < -0.39 is 12.0 Å². The first-order chi connectivity index (χ1) is 11.6. The molecule has 0 bridgehead atoms. The standard InChI is InChI=1S/C17H19NO5S/c1-2-22-12-5-7-13(8-6-12)23-11-16(19)18-14(10-17(20)21)15-4-3-9-24-15/h3-9,14H,2,10-11H2,1H3,(H,18,19)(H,20,21)/t14-/m0/s1. The van der Waals surface area contributed by atoms with Crippen molar-refractivity contribution in [3.8, 4) is 11.5 Å². The number of carboxylic acid groups (broad SMARTS) is 1. The van der Waals surface area contributed by atoms with Crippen LogP contribution in [0.15, 0.2) is 41.8 Å². The summed E-state index contributed by atoms with van der Waals surface area (Å²) in [5, 5.41) is 13.5. The van der Waals surface area contributed by atoms with Crippen LogP contribution in [0.3, 0.4) is 0 Å². The van der Waals surface area contributed by atoms with E-state index in [1.54, 1.807) is 30.3 Å². The van der Waals surface area contributed by atoms with E-state index in [4.69, 9.17) is 14.6 Å². The number of hydrogen-bond donors (Lipinski definition) is 2. The number of rotatable bonds is 9. The van der Waals surface area contributed by atoms with E-state index in [0.29, 0.717) is 12.4 Å². The fourth-order valence-corrected chi connectivity index (χ4v) is 2.85. The highest BCUT2D eigenvalue weighted by Gasteiger charge is 2.19. The zero-order valence-electron chi connectivity index (χ0n) is 13.2. The quantitative estimate of drug-likeness (QED) is 0.727. The van der Waals surface area contributed by atoms with Gasteiger partial charge in [0.25, 0.3) is 5.91 Å². The lowest BCUT2D eigenvalue weighted by Gasteiger charge is -2.16. The summed E-state index contributed by atoms with van der Waals surface area (Å²) >= 11 is 1.40. The Morgan fingerprint density at radius 2 is 1.83 bits per heavy atom. The van der Waals surface area contributed by atoms with Crippen molar-refractivity contribution in [1.29, 1.82) is 0 Å². The molecule has 1 atom stereocenters. The van der Waals surface area contributed by atoms with Gasteiger partial charge in [0.1, 0.15) is 11.5 Å². The number of nitrogens with one attached hydrogen (secondary N) is 1. The molecule has 0 unspecified atom stereocenters. The average molecular weight is 349 g/mol. The summed E-state index contributed by atoms with van der Waals surface area (Å²) in [6.07, 6.45) is -0.171. The second kappa shape index (κ2) is 8.93. The Labute approximate surface area is 144 Å². The van der Waals surface area contributed by atoms with Gasteiger partial charge in [-0.15, -0.1) is 11.3 Å². The zero-order valence-corrected chi connectivity index (χ0v) is 14.0. The van der Waals surface area contributed by atoms with Crippen LogP contribution in [0.2, 0.25) is 0 Å². The molecule has 0 fully saturated rings. The van der Waals surface area contributed by atoms with Gasteiger partial charge in [-0.3, -0.25) is 9.59 Å². The molecule has 0 spiro atoms. The fraction of sp³-hybridized carbons (Fsp3) is 0.294. The van der Waals surface area contributed by atoms with Gasteiger partial charge >= 0.3 is 5.97 Å². The Hall–Kier alpha value is -2.54. The van der Waals surface area contributed by atoms with Crippen molar-refractivity contribution >= 4 is 23.2 Å². The number of carbonyl (C=O) groups is 2. The first-order valence-corrected chi connectivity index (χ1v) is 8.36. The van der Waals surface area contributed by atoms with Gasteiger partial charge in [0, 0.05) is 4.88 Å². The molecule has 1 aromatic carbocycles. The molecular weight excluding hydrogens is 330 g/mol. The zero-order chi connectivity index (χ0) is 17.4. The Morgan fingerprint density at radius 1 is 1.17 bits per heavy atom. The van der Waals surface area contributed by atoms with E-state index in [0.717, 1.165) is 10.6 Å².